The highest BCUT2D eigenvalue weighted by molar-refractivity contribution is 5.61. The van der Waals surface area contributed by atoms with Gasteiger partial charge in [0, 0.05) is 6.04 Å². The number of pyridine rings is 1. The second kappa shape index (κ2) is 6.06. The summed E-state index contributed by atoms with van der Waals surface area (Å²) in [5.41, 5.74) is -1.76. The Morgan fingerprint density at radius 3 is 2.45 bits per heavy atom. The van der Waals surface area contributed by atoms with Gasteiger partial charge in [0.25, 0.3) is 0 Å². The molecule has 1 atom stereocenters. The van der Waals surface area contributed by atoms with E-state index in [2.05, 4.69) is 10.3 Å². The molecule has 0 amide bonds. The zero-order chi connectivity index (χ0) is 15.5. The van der Waals surface area contributed by atoms with Gasteiger partial charge < -0.3 is 5.32 Å². The van der Waals surface area contributed by atoms with Crippen LogP contribution in [0.1, 0.15) is 32.9 Å². The fourth-order valence-corrected chi connectivity index (χ4v) is 1.80. The van der Waals surface area contributed by atoms with Crippen LogP contribution in [0.25, 0.3) is 0 Å². The Morgan fingerprint density at radius 2 is 2.05 bits per heavy atom. The predicted octanol–water partition coefficient (Wildman–Crippen LogP) is 3.86. The molecule has 0 bridgehead atoms. The fourth-order valence-electron chi connectivity index (χ4n) is 1.80. The lowest BCUT2D eigenvalue weighted by atomic mass is 10.0. The van der Waals surface area contributed by atoms with E-state index in [0.717, 1.165) is 0 Å². The Morgan fingerprint density at radius 1 is 1.45 bits per heavy atom. The molecule has 0 saturated carbocycles. The van der Waals surface area contributed by atoms with Crippen molar-refractivity contribution in [1.29, 1.82) is 0 Å². The summed E-state index contributed by atoms with van der Waals surface area (Å²) < 4.78 is 37.9. The number of nitro groups is 1. The van der Waals surface area contributed by atoms with Crippen molar-refractivity contribution in [2.24, 2.45) is 5.92 Å². The standard InChI is InChI=1S/C12H16F3N3O2/c1-4-8(7(2)3)17-9-5-11(12(13,14)15)16-6-10(9)18(19)20/h5-8H,4H2,1-3H3,(H,16,17). The summed E-state index contributed by atoms with van der Waals surface area (Å²) in [4.78, 5) is 13.2. The van der Waals surface area contributed by atoms with Crippen molar-refractivity contribution in [2.45, 2.75) is 39.4 Å². The second-order valence-electron chi connectivity index (χ2n) is 4.74. The molecule has 112 valence electrons. The van der Waals surface area contributed by atoms with Crippen LogP contribution >= 0.6 is 0 Å². The average Bonchev–Trinajstić information content (AvgIpc) is 2.33. The minimum Gasteiger partial charge on any atom is -0.376 e. The molecule has 8 heteroatoms. The zero-order valence-electron chi connectivity index (χ0n) is 11.4. The van der Waals surface area contributed by atoms with Crippen molar-refractivity contribution in [2.75, 3.05) is 5.32 Å². The molecule has 1 rings (SSSR count). The number of hydrogen-bond donors (Lipinski definition) is 1. The highest BCUT2D eigenvalue weighted by Crippen LogP contribution is 2.33. The van der Waals surface area contributed by atoms with Crippen LogP contribution in [0.5, 0.6) is 0 Å². The molecule has 20 heavy (non-hydrogen) atoms. The Bertz CT molecular complexity index is 489. The molecule has 0 spiro atoms. The zero-order valence-corrected chi connectivity index (χ0v) is 11.4. The largest absolute Gasteiger partial charge is 0.433 e. The van der Waals surface area contributed by atoms with Gasteiger partial charge in [0.05, 0.1) is 4.92 Å². The van der Waals surface area contributed by atoms with Crippen LogP contribution in [-0.4, -0.2) is 15.9 Å². The SMILES string of the molecule is CCC(Nc1cc(C(F)(F)F)ncc1[N+](=O)[O-])C(C)C. The number of alkyl halides is 3. The number of nitrogens with one attached hydrogen (secondary N) is 1. The van der Waals surface area contributed by atoms with Crippen LogP contribution in [0.15, 0.2) is 12.3 Å². The van der Waals surface area contributed by atoms with Crippen LogP contribution in [-0.2, 0) is 6.18 Å². The molecule has 0 radical (unpaired) electrons. The summed E-state index contributed by atoms with van der Waals surface area (Å²) in [6.45, 7) is 5.63. The summed E-state index contributed by atoms with van der Waals surface area (Å²) in [7, 11) is 0. The van der Waals surface area contributed by atoms with Crippen LogP contribution in [0.2, 0.25) is 0 Å². The van der Waals surface area contributed by atoms with Crippen LogP contribution in [0.4, 0.5) is 24.5 Å². The van der Waals surface area contributed by atoms with E-state index in [9.17, 15) is 23.3 Å². The molecule has 0 aliphatic carbocycles. The summed E-state index contributed by atoms with van der Waals surface area (Å²) in [6, 6.07) is 0.528. The van der Waals surface area contributed by atoms with Crippen molar-refractivity contribution in [3.63, 3.8) is 0 Å². The first-order valence-corrected chi connectivity index (χ1v) is 6.15. The van der Waals surface area contributed by atoms with Crippen molar-refractivity contribution in [1.82, 2.24) is 4.98 Å². The van der Waals surface area contributed by atoms with Crippen molar-refractivity contribution in [3.8, 4) is 0 Å². The van der Waals surface area contributed by atoms with E-state index in [1.54, 1.807) is 0 Å². The van der Waals surface area contributed by atoms with E-state index in [1.165, 1.54) is 0 Å². The molecule has 1 N–H and O–H groups in total. The van der Waals surface area contributed by atoms with Gasteiger partial charge in [-0.1, -0.05) is 20.8 Å². The number of aromatic nitrogens is 1. The third kappa shape index (κ3) is 3.82. The topological polar surface area (TPSA) is 68.1 Å². The molecule has 1 heterocycles. The van der Waals surface area contributed by atoms with Gasteiger partial charge in [-0.2, -0.15) is 13.2 Å². The maximum Gasteiger partial charge on any atom is 0.433 e. The van der Waals surface area contributed by atoms with Crippen LogP contribution in [0.3, 0.4) is 0 Å². The molecule has 0 fully saturated rings. The van der Waals surface area contributed by atoms with Gasteiger partial charge in [0.1, 0.15) is 17.6 Å². The second-order valence-corrected chi connectivity index (χ2v) is 4.74. The molecule has 5 nitrogen and oxygen atoms in total. The first-order chi connectivity index (χ1) is 9.16. The number of rotatable bonds is 5. The lowest BCUT2D eigenvalue weighted by Crippen LogP contribution is -2.25. The summed E-state index contributed by atoms with van der Waals surface area (Å²) in [6.07, 6.45) is -3.36. The fraction of sp³-hybridized carbons (Fsp3) is 0.583. The summed E-state index contributed by atoms with van der Waals surface area (Å²) in [5, 5.41) is 13.7. The van der Waals surface area contributed by atoms with Gasteiger partial charge in [0.2, 0.25) is 0 Å². The Labute approximate surface area is 114 Å². The van der Waals surface area contributed by atoms with Gasteiger partial charge in [-0.05, 0) is 18.4 Å². The van der Waals surface area contributed by atoms with Crippen LogP contribution < -0.4 is 5.32 Å². The molecule has 1 aromatic rings. The minimum absolute atomic E-state index is 0.127. The third-order valence-corrected chi connectivity index (χ3v) is 2.96. The maximum atomic E-state index is 12.6. The normalized spacial score (nSPS) is 13.3. The molecule has 0 aliphatic heterocycles. The predicted molar refractivity (Wildman–Crippen MR) is 68.4 cm³/mol. The first kappa shape index (κ1) is 16.2. The first-order valence-electron chi connectivity index (χ1n) is 6.15. The van der Waals surface area contributed by atoms with E-state index < -0.39 is 22.5 Å². The van der Waals surface area contributed by atoms with Gasteiger partial charge in [-0.3, -0.25) is 10.1 Å². The van der Waals surface area contributed by atoms with Crippen molar-refractivity contribution >= 4 is 11.4 Å². The number of hydrogen-bond acceptors (Lipinski definition) is 4. The molecule has 1 aromatic heterocycles. The molecular formula is C12H16F3N3O2. The highest BCUT2D eigenvalue weighted by atomic mass is 19.4. The van der Waals surface area contributed by atoms with Crippen molar-refractivity contribution < 1.29 is 18.1 Å². The lowest BCUT2D eigenvalue weighted by Gasteiger charge is -2.22. The van der Waals surface area contributed by atoms with Gasteiger partial charge >= 0.3 is 11.9 Å². The highest BCUT2D eigenvalue weighted by Gasteiger charge is 2.34. The van der Waals surface area contributed by atoms with E-state index in [-0.39, 0.29) is 17.6 Å². The molecule has 0 saturated heterocycles. The minimum atomic E-state index is -4.63. The van der Waals surface area contributed by atoms with Crippen LogP contribution in [0, 0.1) is 16.0 Å². The maximum absolute atomic E-state index is 12.6. The number of halogens is 3. The molecule has 0 aliphatic rings. The van der Waals surface area contributed by atoms with E-state index in [0.29, 0.717) is 18.7 Å². The van der Waals surface area contributed by atoms with Crippen molar-refractivity contribution in [3.05, 3.63) is 28.1 Å². The lowest BCUT2D eigenvalue weighted by molar-refractivity contribution is -0.384. The van der Waals surface area contributed by atoms with E-state index in [4.69, 9.17) is 0 Å². The molecular weight excluding hydrogens is 275 g/mol. The van der Waals surface area contributed by atoms with Gasteiger partial charge in [-0.25, -0.2) is 4.98 Å². The van der Waals surface area contributed by atoms with Gasteiger partial charge in [-0.15, -0.1) is 0 Å². The average molecular weight is 291 g/mol. The Kier molecular flexibility index (Phi) is 4.91. The molecule has 0 aromatic carbocycles. The summed E-state index contributed by atoms with van der Waals surface area (Å²) >= 11 is 0. The van der Waals surface area contributed by atoms with E-state index >= 15 is 0 Å². The van der Waals surface area contributed by atoms with E-state index in [1.807, 2.05) is 20.8 Å². The third-order valence-electron chi connectivity index (χ3n) is 2.96. The Hall–Kier alpha value is -1.86. The smallest absolute Gasteiger partial charge is 0.376 e. The number of anilines is 1. The van der Waals surface area contributed by atoms with Gasteiger partial charge in [0.15, 0.2) is 0 Å². The quantitative estimate of drug-likeness (QED) is 0.660. The number of nitrogens with zero attached hydrogens (tertiary/aromatic N) is 2. The Balaban J connectivity index is 3.22. The summed E-state index contributed by atoms with van der Waals surface area (Å²) in [5.74, 6) is 0.127. The monoisotopic (exact) mass is 291 g/mol. The molecule has 1 unspecified atom stereocenters.